The fourth-order valence-corrected chi connectivity index (χ4v) is 2.19. The van der Waals surface area contributed by atoms with Crippen LogP contribution in [0.3, 0.4) is 0 Å². The number of nitrogens with zero attached hydrogens (tertiary/aromatic N) is 1. The maximum atomic E-state index is 12.7. The number of anilines is 1. The van der Waals surface area contributed by atoms with Crippen molar-refractivity contribution in [3.05, 3.63) is 54.0 Å². The molecule has 0 amide bonds. The molecule has 2 rings (SSSR count). The molecule has 1 aromatic carbocycles. The Balaban J connectivity index is 1.99. The fourth-order valence-electron chi connectivity index (χ4n) is 1.39. The van der Waals surface area contributed by atoms with E-state index in [0.29, 0.717) is 0 Å². The maximum absolute atomic E-state index is 12.7. The lowest BCUT2D eigenvalue weighted by Crippen LogP contribution is -1.94. The summed E-state index contributed by atoms with van der Waals surface area (Å²) in [5.74, 6) is 1.44. The first-order valence-corrected chi connectivity index (χ1v) is 6.28. The van der Waals surface area contributed by atoms with Gasteiger partial charge in [-0.15, -0.1) is 11.8 Å². The number of halogens is 1. The summed E-state index contributed by atoms with van der Waals surface area (Å²) >= 11 is 1.64. The molecular formula is C13H13FN2S. The normalized spacial score (nSPS) is 10.2. The van der Waals surface area contributed by atoms with Gasteiger partial charge >= 0.3 is 0 Å². The molecule has 0 radical (unpaired) electrons. The monoisotopic (exact) mass is 248 g/mol. The van der Waals surface area contributed by atoms with Crippen LogP contribution in [0.5, 0.6) is 0 Å². The van der Waals surface area contributed by atoms with Crippen LogP contribution in [0.4, 0.5) is 10.2 Å². The van der Waals surface area contributed by atoms with Crippen molar-refractivity contribution in [3.8, 4) is 0 Å². The van der Waals surface area contributed by atoms with Gasteiger partial charge in [-0.05, 0) is 36.4 Å². The second-order valence-corrected chi connectivity index (χ2v) is 4.56. The second kappa shape index (κ2) is 5.68. The molecule has 0 atom stereocenters. The van der Waals surface area contributed by atoms with Crippen LogP contribution in [-0.4, -0.2) is 12.0 Å². The van der Waals surface area contributed by atoms with Gasteiger partial charge in [-0.2, -0.15) is 0 Å². The molecular weight excluding hydrogens is 235 g/mol. The van der Waals surface area contributed by atoms with E-state index in [2.05, 4.69) is 10.3 Å². The lowest BCUT2D eigenvalue weighted by Gasteiger charge is -2.04. The first-order chi connectivity index (χ1) is 8.28. The minimum Gasteiger partial charge on any atom is -0.373 e. The van der Waals surface area contributed by atoms with Crippen LogP contribution in [0, 0.1) is 5.82 Å². The summed E-state index contributed by atoms with van der Waals surface area (Å²) in [6.45, 7) is 0. The van der Waals surface area contributed by atoms with Crippen molar-refractivity contribution in [1.29, 1.82) is 0 Å². The number of hydrogen-bond acceptors (Lipinski definition) is 3. The zero-order valence-electron chi connectivity index (χ0n) is 9.48. The Hall–Kier alpha value is -1.55. The van der Waals surface area contributed by atoms with E-state index in [4.69, 9.17) is 0 Å². The molecule has 0 aliphatic carbocycles. The lowest BCUT2D eigenvalue weighted by molar-refractivity contribution is 0.626. The zero-order chi connectivity index (χ0) is 12.1. The SMILES string of the molecule is CNc1cccc(CSc2ccc(F)cc2)n1. The largest absolute Gasteiger partial charge is 0.373 e. The number of rotatable bonds is 4. The van der Waals surface area contributed by atoms with Gasteiger partial charge in [0.05, 0.1) is 5.69 Å². The highest BCUT2D eigenvalue weighted by Crippen LogP contribution is 2.22. The maximum Gasteiger partial charge on any atom is 0.125 e. The van der Waals surface area contributed by atoms with Gasteiger partial charge in [-0.3, -0.25) is 0 Å². The van der Waals surface area contributed by atoms with Crippen LogP contribution in [-0.2, 0) is 5.75 Å². The van der Waals surface area contributed by atoms with E-state index < -0.39 is 0 Å². The fraction of sp³-hybridized carbons (Fsp3) is 0.154. The Kier molecular flexibility index (Phi) is 3.98. The van der Waals surface area contributed by atoms with Crippen molar-refractivity contribution in [2.45, 2.75) is 10.6 Å². The first-order valence-electron chi connectivity index (χ1n) is 5.30. The molecule has 0 spiro atoms. The topological polar surface area (TPSA) is 24.9 Å². The van der Waals surface area contributed by atoms with E-state index in [1.54, 1.807) is 23.9 Å². The van der Waals surface area contributed by atoms with Crippen LogP contribution in [0.1, 0.15) is 5.69 Å². The van der Waals surface area contributed by atoms with Gasteiger partial charge in [0.25, 0.3) is 0 Å². The molecule has 0 aliphatic heterocycles. The number of aromatic nitrogens is 1. The van der Waals surface area contributed by atoms with Crippen LogP contribution in [0.25, 0.3) is 0 Å². The van der Waals surface area contributed by atoms with Crippen molar-refractivity contribution in [2.75, 3.05) is 12.4 Å². The molecule has 1 aromatic heterocycles. The first kappa shape index (κ1) is 11.9. The molecule has 1 heterocycles. The Morgan fingerprint density at radius 1 is 1.18 bits per heavy atom. The van der Waals surface area contributed by atoms with Crippen molar-refractivity contribution in [3.63, 3.8) is 0 Å². The Labute approximate surface area is 104 Å². The van der Waals surface area contributed by atoms with Crippen LogP contribution in [0.15, 0.2) is 47.4 Å². The Bertz CT molecular complexity index is 485. The summed E-state index contributed by atoms with van der Waals surface area (Å²) in [4.78, 5) is 5.46. The molecule has 88 valence electrons. The Morgan fingerprint density at radius 2 is 1.94 bits per heavy atom. The molecule has 0 unspecified atom stereocenters. The van der Waals surface area contributed by atoms with Crippen LogP contribution in [0.2, 0.25) is 0 Å². The summed E-state index contributed by atoms with van der Waals surface area (Å²) in [7, 11) is 1.85. The minimum atomic E-state index is -0.204. The summed E-state index contributed by atoms with van der Waals surface area (Å²) in [6, 6.07) is 12.4. The third kappa shape index (κ3) is 3.46. The van der Waals surface area contributed by atoms with Gasteiger partial charge < -0.3 is 5.32 Å². The summed E-state index contributed by atoms with van der Waals surface area (Å²) < 4.78 is 12.7. The molecule has 17 heavy (non-hydrogen) atoms. The van der Waals surface area contributed by atoms with E-state index >= 15 is 0 Å². The van der Waals surface area contributed by atoms with E-state index in [1.165, 1.54) is 12.1 Å². The minimum absolute atomic E-state index is 0.204. The summed E-state index contributed by atoms with van der Waals surface area (Å²) in [6.07, 6.45) is 0. The van der Waals surface area contributed by atoms with Gasteiger partial charge in [0.1, 0.15) is 11.6 Å². The van der Waals surface area contributed by atoms with Gasteiger partial charge in [-0.25, -0.2) is 9.37 Å². The zero-order valence-corrected chi connectivity index (χ0v) is 10.3. The Morgan fingerprint density at radius 3 is 2.65 bits per heavy atom. The summed E-state index contributed by atoms with van der Waals surface area (Å²) in [5.41, 5.74) is 1.01. The average Bonchev–Trinajstić information content (AvgIpc) is 2.38. The molecule has 1 N–H and O–H groups in total. The number of benzene rings is 1. The molecule has 2 aromatic rings. The quantitative estimate of drug-likeness (QED) is 0.837. The lowest BCUT2D eigenvalue weighted by atomic mass is 10.3. The van der Waals surface area contributed by atoms with E-state index in [1.807, 2.05) is 25.2 Å². The average molecular weight is 248 g/mol. The number of hydrogen-bond donors (Lipinski definition) is 1. The van der Waals surface area contributed by atoms with Gasteiger partial charge in [0.2, 0.25) is 0 Å². The molecule has 0 saturated carbocycles. The van der Waals surface area contributed by atoms with E-state index in [9.17, 15) is 4.39 Å². The number of thioether (sulfide) groups is 1. The second-order valence-electron chi connectivity index (χ2n) is 3.51. The molecule has 0 bridgehead atoms. The number of nitrogens with one attached hydrogen (secondary N) is 1. The molecule has 2 nitrogen and oxygen atoms in total. The third-order valence-electron chi connectivity index (χ3n) is 2.26. The highest BCUT2D eigenvalue weighted by Gasteiger charge is 1.99. The molecule has 0 fully saturated rings. The molecule has 0 saturated heterocycles. The van der Waals surface area contributed by atoms with Crippen molar-refractivity contribution in [1.82, 2.24) is 4.98 Å². The van der Waals surface area contributed by atoms with Crippen molar-refractivity contribution < 1.29 is 4.39 Å². The van der Waals surface area contributed by atoms with Crippen molar-refractivity contribution in [2.24, 2.45) is 0 Å². The van der Waals surface area contributed by atoms with Gasteiger partial charge in [0.15, 0.2) is 0 Å². The van der Waals surface area contributed by atoms with E-state index in [-0.39, 0.29) is 5.82 Å². The molecule has 4 heteroatoms. The standard InChI is InChI=1S/C13H13FN2S/c1-15-13-4-2-3-11(16-13)9-17-12-7-5-10(14)6-8-12/h2-8H,9H2,1H3,(H,15,16). The molecule has 0 aliphatic rings. The van der Waals surface area contributed by atoms with Gasteiger partial charge in [-0.1, -0.05) is 6.07 Å². The van der Waals surface area contributed by atoms with Gasteiger partial charge in [0, 0.05) is 17.7 Å². The van der Waals surface area contributed by atoms with Crippen molar-refractivity contribution >= 4 is 17.6 Å². The summed E-state index contributed by atoms with van der Waals surface area (Å²) in [5, 5.41) is 3.00. The third-order valence-corrected chi connectivity index (χ3v) is 3.31. The highest BCUT2D eigenvalue weighted by atomic mass is 32.2. The predicted octanol–water partition coefficient (Wildman–Crippen LogP) is 3.55. The predicted molar refractivity (Wildman–Crippen MR) is 69.7 cm³/mol. The van der Waals surface area contributed by atoms with E-state index in [0.717, 1.165) is 22.2 Å². The number of pyridine rings is 1. The van der Waals surface area contributed by atoms with Crippen LogP contribution >= 0.6 is 11.8 Å². The van der Waals surface area contributed by atoms with Crippen LogP contribution < -0.4 is 5.32 Å². The smallest absolute Gasteiger partial charge is 0.125 e. The highest BCUT2D eigenvalue weighted by molar-refractivity contribution is 7.98.